The molecule has 0 aliphatic heterocycles. The summed E-state index contributed by atoms with van der Waals surface area (Å²) in [6.07, 6.45) is 1.25. The van der Waals surface area contributed by atoms with Gasteiger partial charge in [0.05, 0.1) is 34.0 Å². The van der Waals surface area contributed by atoms with Crippen molar-refractivity contribution in [1.82, 2.24) is 0 Å². The van der Waals surface area contributed by atoms with Crippen LogP contribution in [-0.4, -0.2) is 39.5 Å². The molecule has 1 N–H and O–H groups in total. The van der Waals surface area contributed by atoms with Crippen LogP contribution in [0.3, 0.4) is 0 Å². The molecule has 0 heterocycles. The van der Waals surface area contributed by atoms with Crippen molar-refractivity contribution in [3.8, 4) is 34.5 Å². The van der Waals surface area contributed by atoms with E-state index in [4.69, 9.17) is 23.7 Å². The van der Waals surface area contributed by atoms with Crippen LogP contribution in [0.25, 0.3) is 0 Å². The van der Waals surface area contributed by atoms with Crippen LogP contribution in [0.1, 0.15) is 21.5 Å². The van der Waals surface area contributed by atoms with Gasteiger partial charge in [-0.25, -0.2) is 4.79 Å². The fourth-order valence-corrected chi connectivity index (χ4v) is 3.32. The Morgan fingerprint density at radius 1 is 0.750 bits per heavy atom. The third-order valence-corrected chi connectivity index (χ3v) is 5.04. The highest BCUT2D eigenvalue weighted by atomic mass is 16.5. The molecule has 0 spiro atoms. The molecule has 0 saturated heterocycles. The molecular formula is C25H26O7. The lowest BCUT2D eigenvalue weighted by molar-refractivity contribution is 0.0600. The second-order valence-electron chi connectivity index (χ2n) is 6.90. The second-order valence-corrected chi connectivity index (χ2v) is 6.90. The first-order chi connectivity index (χ1) is 15.5. The van der Waals surface area contributed by atoms with Crippen molar-refractivity contribution in [2.75, 3.05) is 28.4 Å². The molecule has 168 valence electrons. The highest BCUT2D eigenvalue weighted by Crippen LogP contribution is 2.37. The topological polar surface area (TPSA) is 83.5 Å². The van der Waals surface area contributed by atoms with Gasteiger partial charge in [-0.1, -0.05) is 12.1 Å². The van der Waals surface area contributed by atoms with Crippen LogP contribution < -0.4 is 18.9 Å². The molecule has 3 aromatic carbocycles. The average Bonchev–Trinajstić information content (AvgIpc) is 2.83. The number of benzene rings is 3. The molecule has 0 amide bonds. The van der Waals surface area contributed by atoms with Gasteiger partial charge < -0.3 is 28.8 Å². The largest absolute Gasteiger partial charge is 0.504 e. The van der Waals surface area contributed by atoms with Crippen LogP contribution in [-0.2, 0) is 17.6 Å². The lowest BCUT2D eigenvalue weighted by Gasteiger charge is -2.14. The number of ether oxygens (including phenoxy) is 5. The monoisotopic (exact) mass is 438 g/mol. The zero-order valence-electron chi connectivity index (χ0n) is 18.5. The summed E-state index contributed by atoms with van der Waals surface area (Å²) in [6, 6.07) is 15.9. The molecule has 3 rings (SSSR count). The second kappa shape index (κ2) is 10.4. The van der Waals surface area contributed by atoms with Crippen molar-refractivity contribution in [3.63, 3.8) is 0 Å². The quantitative estimate of drug-likeness (QED) is 0.481. The van der Waals surface area contributed by atoms with Crippen molar-refractivity contribution in [2.24, 2.45) is 0 Å². The zero-order valence-corrected chi connectivity index (χ0v) is 18.5. The summed E-state index contributed by atoms with van der Waals surface area (Å²) in [6.45, 7) is 0. The third-order valence-electron chi connectivity index (χ3n) is 5.04. The predicted octanol–water partition coefficient (Wildman–Crippen LogP) is 4.78. The minimum atomic E-state index is -0.455. The first-order valence-corrected chi connectivity index (χ1v) is 9.96. The van der Waals surface area contributed by atoms with Crippen molar-refractivity contribution < 1.29 is 33.6 Å². The van der Waals surface area contributed by atoms with Crippen molar-refractivity contribution >= 4 is 5.97 Å². The summed E-state index contributed by atoms with van der Waals surface area (Å²) in [4.78, 5) is 11.8. The van der Waals surface area contributed by atoms with Gasteiger partial charge in [0.25, 0.3) is 0 Å². The van der Waals surface area contributed by atoms with E-state index in [0.717, 1.165) is 5.56 Å². The Kier molecular flexibility index (Phi) is 7.44. The van der Waals surface area contributed by atoms with Gasteiger partial charge in [-0.2, -0.15) is 0 Å². The Morgan fingerprint density at radius 3 is 2.00 bits per heavy atom. The number of rotatable bonds is 9. The van der Waals surface area contributed by atoms with Gasteiger partial charge in [-0.3, -0.25) is 0 Å². The average molecular weight is 438 g/mol. The molecule has 0 aliphatic carbocycles. The SMILES string of the molecule is COC(=O)c1ccc(OC)c(Oc2ccc(CCc3c(OC)ccc(OC)c3O)cc2)c1. The summed E-state index contributed by atoms with van der Waals surface area (Å²) in [5, 5.41) is 10.4. The van der Waals surface area contributed by atoms with E-state index < -0.39 is 5.97 Å². The molecule has 0 atom stereocenters. The highest BCUT2D eigenvalue weighted by Gasteiger charge is 2.15. The van der Waals surface area contributed by atoms with Crippen LogP contribution in [0.2, 0.25) is 0 Å². The van der Waals surface area contributed by atoms with Crippen molar-refractivity contribution in [3.05, 3.63) is 71.3 Å². The molecule has 7 heteroatoms. The Hall–Kier alpha value is -3.87. The van der Waals surface area contributed by atoms with E-state index in [-0.39, 0.29) is 5.75 Å². The first-order valence-electron chi connectivity index (χ1n) is 9.96. The summed E-state index contributed by atoms with van der Waals surface area (Å²) >= 11 is 0. The molecule has 32 heavy (non-hydrogen) atoms. The number of phenolic OH excluding ortho intramolecular Hbond substituents is 1. The number of aryl methyl sites for hydroxylation is 1. The Balaban J connectivity index is 1.74. The summed E-state index contributed by atoms with van der Waals surface area (Å²) < 4.78 is 26.6. The van der Waals surface area contributed by atoms with E-state index in [1.54, 1.807) is 37.4 Å². The summed E-state index contributed by atoms with van der Waals surface area (Å²) in [7, 11) is 5.94. The Morgan fingerprint density at radius 2 is 1.38 bits per heavy atom. The van der Waals surface area contributed by atoms with E-state index in [1.165, 1.54) is 21.3 Å². The summed E-state index contributed by atoms with van der Waals surface area (Å²) in [5.41, 5.74) is 2.11. The smallest absolute Gasteiger partial charge is 0.337 e. The number of phenols is 1. The number of carbonyl (C=O) groups excluding carboxylic acids is 1. The number of aromatic hydroxyl groups is 1. The van der Waals surface area contributed by atoms with Gasteiger partial charge in [0.15, 0.2) is 23.0 Å². The van der Waals surface area contributed by atoms with Crippen LogP contribution in [0, 0.1) is 0 Å². The number of hydrogen-bond donors (Lipinski definition) is 1. The molecule has 0 aliphatic rings. The maximum atomic E-state index is 11.8. The van der Waals surface area contributed by atoms with E-state index >= 15 is 0 Å². The zero-order chi connectivity index (χ0) is 23.1. The molecule has 0 bridgehead atoms. The number of methoxy groups -OCH3 is 4. The van der Waals surface area contributed by atoms with E-state index in [1.807, 2.05) is 24.3 Å². The lowest BCUT2D eigenvalue weighted by Crippen LogP contribution is -2.02. The van der Waals surface area contributed by atoms with Crippen LogP contribution >= 0.6 is 0 Å². The van der Waals surface area contributed by atoms with E-state index in [9.17, 15) is 9.90 Å². The fraction of sp³-hybridized carbons (Fsp3) is 0.240. The number of hydrogen-bond acceptors (Lipinski definition) is 7. The van der Waals surface area contributed by atoms with Crippen molar-refractivity contribution in [2.45, 2.75) is 12.8 Å². The molecule has 7 nitrogen and oxygen atoms in total. The summed E-state index contributed by atoms with van der Waals surface area (Å²) in [5.74, 6) is 2.16. The van der Waals surface area contributed by atoms with Crippen LogP contribution in [0.4, 0.5) is 0 Å². The van der Waals surface area contributed by atoms with Gasteiger partial charge in [0, 0.05) is 5.56 Å². The van der Waals surface area contributed by atoms with E-state index in [2.05, 4.69) is 0 Å². The van der Waals surface area contributed by atoms with Gasteiger partial charge in [0.2, 0.25) is 0 Å². The maximum Gasteiger partial charge on any atom is 0.337 e. The van der Waals surface area contributed by atoms with Crippen molar-refractivity contribution in [1.29, 1.82) is 0 Å². The molecule has 3 aromatic rings. The van der Waals surface area contributed by atoms with Crippen LogP contribution in [0.15, 0.2) is 54.6 Å². The molecule has 0 radical (unpaired) electrons. The Labute approximate surface area is 187 Å². The lowest BCUT2D eigenvalue weighted by atomic mass is 10.0. The highest BCUT2D eigenvalue weighted by molar-refractivity contribution is 5.90. The predicted molar refractivity (Wildman–Crippen MR) is 119 cm³/mol. The number of carbonyl (C=O) groups is 1. The van der Waals surface area contributed by atoms with Gasteiger partial charge >= 0.3 is 5.97 Å². The van der Waals surface area contributed by atoms with E-state index in [0.29, 0.717) is 52.7 Å². The first kappa shape index (κ1) is 22.8. The van der Waals surface area contributed by atoms with Crippen LogP contribution in [0.5, 0.6) is 34.5 Å². The minimum absolute atomic E-state index is 0.0874. The molecule has 0 unspecified atom stereocenters. The molecule has 0 aromatic heterocycles. The van der Waals surface area contributed by atoms with Gasteiger partial charge in [-0.05, 0) is 60.9 Å². The van der Waals surface area contributed by atoms with Gasteiger partial charge in [0.1, 0.15) is 11.5 Å². The third kappa shape index (κ3) is 5.06. The fourth-order valence-electron chi connectivity index (χ4n) is 3.32. The molecular weight excluding hydrogens is 412 g/mol. The number of esters is 1. The molecule has 0 fully saturated rings. The minimum Gasteiger partial charge on any atom is -0.504 e. The standard InChI is InChI=1S/C25H26O7/c1-28-20-13-14-22(30-3)24(26)19(20)11-7-16-5-9-18(10-6-16)32-23-15-17(25(27)31-4)8-12-21(23)29-2/h5-6,8-10,12-15,26H,7,11H2,1-4H3. The Bertz CT molecular complexity index is 1070. The van der Waals surface area contributed by atoms with Gasteiger partial charge in [-0.15, -0.1) is 0 Å². The maximum absolute atomic E-state index is 11.8. The molecule has 0 saturated carbocycles. The normalized spacial score (nSPS) is 10.4.